The van der Waals surface area contributed by atoms with E-state index in [2.05, 4.69) is 49.9 Å². The number of amides is 1. The van der Waals surface area contributed by atoms with Crippen molar-refractivity contribution in [2.45, 2.75) is 46.6 Å². The van der Waals surface area contributed by atoms with Crippen LogP contribution in [0, 0.1) is 12.3 Å². The summed E-state index contributed by atoms with van der Waals surface area (Å²) in [5.41, 5.74) is 0.652. The van der Waals surface area contributed by atoms with Gasteiger partial charge in [0.15, 0.2) is 5.96 Å². The van der Waals surface area contributed by atoms with Gasteiger partial charge in [0.1, 0.15) is 5.82 Å². The van der Waals surface area contributed by atoms with Crippen molar-refractivity contribution in [1.29, 1.82) is 0 Å². The molecule has 0 atom stereocenters. The summed E-state index contributed by atoms with van der Waals surface area (Å²) >= 11 is 0. The average Bonchev–Trinajstić information content (AvgIpc) is 2.67. The van der Waals surface area contributed by atoms with Gasteiger partial charge in [-0.15, -0.1) is 24.0 Å². The van der Waals surface area contributed by atoms with E-state index in [4.69, 9.17) is 0 Å². The predicted octanol–water partition coefficient (Wildman–Crippen LogP) is 2.30. The number of aromatic nitrogens is 1. The minimum Gasteiger partial charge on any atom is -0.359 e. The van der Waals surface area contributed by atoms with Crippen LogP contribution in [0.5, 0.6) is 0 Å². The molecule has 1 saturated heterocycles. The molecule has 0 bridgehead atoms. The summed E-state index contributed by atoms with van der Waals surface area (Å²) in [5, 5.41) is 9.52. The van der Waals surface area contributed by atoms with Crippen LogP contribution in [-0.4, -0.2) is 56.1 Å². The van der Waals surface area contributed by atoms with E-state index in [0.29, 0.717) is 12.6 Å². The molecule has 7 nitrogen and oxygen atoms in total. The normalized spacial score (nSPS) is 15.6. The second kappa shape index (κ2) is 11.4. The summed E-state index contributed by atoms with van der Waals surface area (Å²) in [6, 6.07) is 4.57. The molecule has 0 saturated carbocycles. The number of nitrogens with zero attached hydrogens (tertiary/aromatic N) is 3. The van der Waals surface area contributed by atoms with Crippen LogP contribution in [0.3, 0.4) is 0 Å². The Hall–Kier alpha value is -1.58. The molecule has 1 aliphatic heterocycles. The molecule has 1 aliphatic rings. The second-order valence-corrected chi connectivity index (χ2v) is 7.76. The SMILES string of the molecule is CCNC(=NCC(C)(C)C(=O)NC)NC1CCN(c2ccc(C)cn2)CC1.I. The average molecular weight is 502 g/mol. The highest BCUT2D eigenvalue weighted by Gasteiger charge is 2.27. The highest BCUT2D eigenvalue weighted by atomic mass is 127. The van der Waals surface area contributed by atoms with Gasteiger partial charge in [-0.1, -0.05) is 6.07 Å². The monoisotopic (exact) mass is 502 g/mol. The predicted molar refractivity (Wildman–Crippen MR) is 127 cm³/mol. The van der Waals surface area contributed by atoms with Crippen molar-refractivity contribution in [3.8, 4) is 0 Å². The van der Waals surface area contributed by atoms with Gasteiger partial charge in [0.25, 0.3) is 0 Å². The molecule has 0 spiro atoms. The number of hydrogen-bond acceptors (Lipinski definition) is 4. The quantitative estimate of drug-likeness (QED) is 0.316. The van der Waals surface area contributed by atoms with Crippen molar-refractivity contribution < 1.29 is 4.79 Å². The maximum absolute atomic E-state index is 12.0. The summed E-state index contributed by atoms with van der Waals surface area (Å²) in [6.45, 7) is 11.1. The van der Waals surface area contributed by atoms with E-state index in [1.807, 2.05) is 27.0 Å². The van der Waals surface area contributed by atoms with Crippen LogP contribution in [-0.2, 0) is 4.79 Å². The van der Waals surface area contributed by atoms with Gasteiger partial charge in [0.2, 0.25) is 5.91 Å². The minimum atomic E-state index is -0.530. The van der Waals surface area contributed by atoms with Gasteiger partial charge in [0, 0.05) is 38.9 Å². The first kappa shape index (κ1) is 24.5. The molecule has 0 aromatic carbocycles. The van der Waals surface area contributed by atoms with Gasteiger partial charge >= 0.3 is 0 Å². The van der Waals surface area contributed by atoms with Crippen LogP contribution in [0.15, 0.2) is 23.3 Å². The summed E-state index contributed by atoms with van der Waals surface area (Å²) in [5.74, 6) is 1.83. The Bertz CT molecular complexity index is 639. The molecule has 2 rings (SSSR count). The fourth-order valence-corrected chi connectivity index (χ4v) is 3.10. The number of piperidine rings is 1. The molecule has 0 aliphatic carbocycles. The topological polar surface area (TPSA) is 81.6 Å². The molecule has 1 fully saturated rings. The van der Waals surface area contributed by atoms with Crippen molar-refractivity contribution in [1.82, 2.24) is 20.9 Å². The summed E-state index contributed by atoms with van der Waals surface area (Å²) in [7, 11) is 1.66. The number of rotatable bonds is 6. The minimum absolute atomic E-state index is 0. The van der Waals surface area contributed by atoms with E-state index >= 15 is 0 Å². The smallest absolute Gasteiger partial charge is 0.227 e. The van der Waals surface area contributed by atoms with Gasteiger partial charge in [-0.2, -0.15) is 0 Å². The van der Waals surface area contributed by atoms with Gasteiger partial charge in [-0.25, -0.2) is 4.98 Å². The molecule has 8 heteroatoms. The number of anilines is 1. The second-order valence-electron chi connectivity index (χ2n) is 7.76. The number of nitrogens with one attached hydrogen (secondary N) is 3. The van der Waals surface area contributed by atoms with Crippen LogP contribution in [0.25, 0.3) is 0 Å². The van der Waals surface area contributed by atoms with Crippen molar-refractivity contribution in [3.05, 3.63) is 23.9 Å². The first-order valence-corrected chi connectivity index (χ1v) is 9.80. The highest BCUT2D eigenvalue weighted by molar-refractivity contribution is 14.0. The van der Waals surface area contributed by atoms with Gasteiger partial charge < -0.3 is 20.9 Å². The summed E-state index contributed by atoms with van der Waals surface area (Å²) < 4.78 is 0. The zero-order chi connectivity index (χ0) is 19.9. The maximum Gasteiger partial charge on any atom is 0.227 e. The van der Waals surface area contributed by atoms with E-state index < -0.39 is 5.41 Å². The number of guanidine groups is 1. The molecule has 2 heterocycles. The third-order valence-corrected chi connectivity index (χ3v) is 4.87. The lowest BCUT2D eigenvalue weighted by Gasteiger charge is -2.34. The standard InChI is InChI=1S/C20H34N6O.HI/c1-6-22-19(24-14-20(3,4)18(27)21-5)25-16-9-11-26(12-10-16)17-8-7-15(2)13-23-17;/h7-8,13,16H,6,9-12,14H2,1-5H3,(H,21,27)(H2,22,24,25);1H. The first-order chi connectivity index (χ1) is 12.9. The summed E-state index contributed by atoms with van der Waals surface area (Å²) in [6.07, 6.45) is 3.97. The highest BCUT2D eigenvalue weighted by Crippen LogP contribution is 2.18. The molecule has 1 amide bonds. The number of halogens is 1. The van der Waals surface area contributed by atoms with Crippen molar-refractivity contribution in [2.75, 3.05) is 38.1 Å². The molecular weight excluding hydrogens is 467 g/mol. The van der Waals surface area contributed by atoms with E-state index in [0.717, 1.165) is 44.3 Å². The lowest BCUT2D eigenvalue weighted by molar-refractivity contribution is -0.128. The molecule has 0 unspecified atom stereocenters. The van der Waals surface area contributed by atoms with E-state index in [-0.39, 0.29) is 29.9 Å². The first-order valence-electron chi connectivity index (χ1n) is 9.80. The molecule has 1 aromatic rings. The molecule has 1 aromatic heterocycles. The molecular formula is C20H35IN6O. The fourth-order valence-electron chi connectivity index (χ4n) is 3.10. The Kier molecular flexibility index (Phi) is 9.98. The maximum atomic E-state index is 12.0. The Labute approximate surface area is 186 Å². The van der Waals surface area contributed by atoms with E-state index in [9.17, 15) is 4.79 Å². The molecule has 158 valence electrons. The fraction of sp³-hybridized carbons (Fsp3) is 0.650. The molecule has 28 heavy (non-hydrogen) atoms. The Morgan fingerprint density at radius 2 is 2.00 bits per heavy atom. The van der Waals surface area contributed by atoms with Crippen LogP contribution < -0.4 is 20.9 Å². The largest absolute Gasteiger partial charge is 0.359 e. The van der Waals surface area contributed by atoms with Gasteiger partial charge in [0.05, 0.1) is 12.0 Å². The lowest BCUT2D eigenvalue weighted by atomic mass is 9.93. The number of carbonyl (C=O) groups excluding carboxylic acids is 1. The Morgan fingerprint density at radius 1 is 1.32 bits per heavy atom. The van der Waals surface area contributed by atoms with E-state index in [1.54, 1.807) is 7.05 Å². The number of aliphatic imine (C=N–C) groups is 1. The zero-order valence-electron chi connectivity index (χ0n) is 17.7. The van der Waals surface area contributed by atoms with Crippen LogP contribution in [0.4, 0.5) is 5.82 Å². The zero-order valence-corrected chi connectivity index (χ0v) is 20.0. The Balaban J connectivity index is 0.00000392. The van der Waals surface area contributed by atoms with Crippen molar-refractivity contribution >= 4 is 41.7 Å². The third kappa shape index (κ3) is 7.10. The Morgan fingerprint density at radius 3 is 2.54 bits per heavy atom. The number of pyridine rings is 1. The van der Waals surface area contributed by atoms with Crippen LogP contribution in [0.1, 0.15) is 39.2 Å². The number of carbonyl (C=O) groups is 1. The number of hydrogen-bond donors (Lipinski definition) is 3. The number of aryl methyl sites for hydroxylation is 1. The van der Waals surface area contributed by atoms with Crippen molar-refractivity contribution in [2.24, 2.45) is 10.4 Å². The third-order valence-electron chi connectivity index (χ3n) is 4.87. The van der Waals surface area contributed by atoms with Crippen LogP contribution in [0.2, 0.25) is 0 Å². The van der Waals surface area contributed by atoms with Crippen molar-refractivity contribution in [3.63, 3.8) is 0 Å². The lowest BCUT2D eigenvalue weighted by Crippen LogP contribution is -2.49. The molecule has 3 N–H and O–H groups in total. The van der Waals surface area contributed by atoms with Gasteiger partial charge in [-0.3, -0.25) is 9.79 Å². The van der Waals surface area contributed by atoms with E-state index in [1.165, 1.54) is 5.56 Å². The molecule has 0 radical (unpaired) electrons. The van der Waals surface area contributed by atoms with Crippen LogP contribution >= 0.6 is 24.0 Å². The van der Waals surface area contributed by atoms with Gasteiger partial charge in [-0.05, 0) is 52.2 Å². The summed E-state index contributed by atoms with van der Waals surface area (Å²) in [4.78, 5) is 23.5.